The van der Waals surface area contributed by atoms with Crippen molar-refractivity contribution in [3.63, 3.8) is 0 Å². The zero-order chi connectivity index (χ0) is 10.8. The minimum absolute atomic E-state index is 0.0992. The van der Waals surface area contributed by atoms with E-state index in [0.717, 1.165) is 5.56 Å². The summed E-state index contributed by atoms with van der Waals surface area (Å²) < 4.78 is 12.8. The molecule has 78 valence electrons. The third-order valence-corrected chi connectivity index (χ3v) is 2.38. The Labute approximate surface area is 88.5 Å². The van der Waals surface area contributed by atoms with Gasteiger partial charge in [-0.15, -0.1) is 0 Å². The topological polar surface area (TPSA) is 20.2 Å². The van der Waals surface area contributed by atoms with Crippen LogP contribution in [0.1, 0.15) is 19.4 Å². The summed E-state index contributed by atoms with van der Waals surface area (Å²) in [5, 5.41) is 9.21. The van der Waals surface area contributed by atoms with Gasteiger partial charge in [0.1, 0.15) is 5.82 Å². The first kappa shape index (κ1) is 11.5. The number of benzene rings is 1. The Balaban J connectivity index is 2.83. The molecule has 0 radical (unpaired) electrons. The van der Waals surface area contributed by atoms with E-state index in [0.29, 0.717) is 6.42 Å². The quantitative estimate of drug-likeness (QED) is 0.824. The lowest BCUT2D eigenvalue weighted by atomic mass is 9.87. The first-order valence-corrected chi connectivity index (χ1v) is 4.87. The highest BCUT2D eigenvalue weighted by Gasteiger charge is 2.17. The number of aliphatic hydroxyl groups is 1. The highest BCUT2D eigenvalue weighted by molar-refractivity contribution is 6.30. The largest absolute Gasteiger partial charge is 0.396 e. The van der Waals surface area contributed by atoms with E-state index >= 15 is 0 Å². The molecule has 0 aliphatic heterocycles. The van der Waals surface area contributed by atoms with Crippen LogP contribution in [0.2, 0.25) is 5.02 Å². The highest BCUT2D eigenvalue weighted by Crippen LogP contribution is 2.24. The minimum Gasteiger partial charge on any atom is -0.396 e. The lowest BCUT2D eigenvalue weighted by molar-refractivity contribution is 0.159. The van der Waals surface area contributed by atoms with Crippen molar-refractivity contribution >= 4 is 11.6 Å². The lowest BCUT2D eigenvalue weighted by Crippen LogP contribution is -2.19. The van der Waals surface area contributed by atoms with Gasteiger partial charge in [0.15, 0.2) is 0 Å². The second kappa shape index (κ2) is 4.28. The van der Waals surface area contributed by atoms with Crippen LogP contribution in [-0.2, 0) is 6.42 Å². The molecule has 0 amide bonds. The fraction of sp³-hybridized carbons (Fsp3) is 0.455. The Hall–Kier alpha value is -0.600. The summed E-state index contributed by atoms with van der Waals surface area (Å²) in [6.07, 6.45) is 0.684. The molecular weight excluding hydrogens is 203 g/mol. The predicted octanol–water partition coefficient (Wildman–Crippen LogP) is 3.04. The summed E-state index contributed by atoms with van der Waals surface area (Å²) in [5.41, 5.74) is 0.747. The van der Waals surface area contributed by atoms with Crippen LogP contribution in [0, 0.1) is 11.2 Å². The maximum Gasteiger partial charge on any atom is 0.141 e. The number of hydrogen-bond donors (Lipinski definition) is 1. The van der Waals surface area contributed by atoms with E-state index < -0.39 is 5.82 Å². The van der Waals surface area contributed by atoms with E-state index in [1.165, 1.54) is 6.07 Å². The molecule has 0 spiro atoms. The van der Waals surface area contributed by atoms with Gasteiger partial charge in [-0.25, -0.2) is 4.39 Å². The monoisotopic (exact) mass is 216 g/mol. The van der Waals surface area contributed by atoms with Crippen molar-refractivity contribution in [2.45, 2.75) is 20.3 Å². The molecule has 1 nitrogen and oxygen atoms in total. The third kappa shape index (κ3) is 2.96. The highest BCUT2D eigenvalue weighted by atomic mass is 35.5. The van der Waals surface area contributed by atoms with Crippen LogP contribution in [0.25, 0.3) is 0 Å². The molecule has 0 saturated heterocycles. The summed E-state index contributed by atoms with van der Waals surface area (Å²) in [5.74, 6) is -0.405. The summed E-state index contributed by atoms with van der Waals surface area (Å²) >= 11 is 5.65. The van der Waals surface area contributed by atoms with Crippen molar-refractivity contribution in [3.8, 4) is 0 Å². The number of rotatable bonds is 3. The van der Waals surface area contributed by atoms with Gasteiger partial charge in [0.25, 0.3) is 0 Å². The van der Waals surface area contributed by atoms with Crippen LogP contribution in [0.3, 0.4) is 0 Å². The van der Waals surface area contributed by atoms with Gasteiger partial charge in [0.2, 0.25) is 0 Å². The molecule has 0 saturated carbocycles. The number of halogens is 2. The molecule has 3 heteroatoms. The van der Waals surface area contributed by atoms with Crippen LogP contribution >= 0.6 is 11.6 Å². The maximum atomic E-state index is 12.8. The molecule has 0 aromatic heterocycles. The minimum atomic E-state index is -0.405. The van der Waals surface area contributed by atoms with E-state index in [1.807, 2.05) is 13.8 Å². The second-order valence-electron chi connectivity index (χ2n) is 4.25. The number of hydrogen-bond acceptors (Lipinski definition) is 1. The Bertz CT molecular complexity index is 323. The molecule has 14 heavy (non-hydrogen) atoms. The van der Waals surface area contributed by atoms with Crippen molar-refractivity contribution in [2.75, 3.05) is 6.61 Å². The van der Waals surface area contributed by atoms with Gasteiger partial charge in [-0.2, -0.15) is 0 Å². The van der Waals surface area contributed by atoms with Gasteiger partial charge in [0.05, 0.1) is 5.02 Å². The average Bonchev–Trinajstić information content (AvgIpc) is 2.11. The van der Waals surface area contributed by atoms with Crippen LogP contribution < -0.4 is 0 Å². The molecule has 0 aliphatic rings. The van der Waals surface area contributed by atoms with Gasteiger partial charge in [-0.1, -0.05) is 31.5 Å². The maximum absolute atomic E-state index is 12.8. The van der Waals surface area contributed by atoms with Gasteiger partial charge in [0, 0.05) is 6.61 Å². The first-order chi connectivity index (χ1) is 6.44. The van der Waals surface area contributed by atoms with Gasteiger partial charge in [-0.05, 0) is 29.5 Å². The summed E-state index contributed by atoms with van der Waals surface area (Å²) in [6.45, 7) is 4.00. The molecule has 0 aliphatic carbocycles. The Morgan fingerprint density at radius 3 is 2.57 bits per heavy atom. The van der Waals surface area contributed by atoms with Crippen molar-refractivity contribution in [2.24, 2.45) is 5.41 Å². The Kier molecular flexibility index (Phi) is 3.51. The van der Waals surface area contributed by atoms with Crippen molar-refractivity contribution in [1.82, 2.24) is 0 Å². The summed E-state index contributed by atoms with van der Waals surface area (Å²) in [4.78, 5) is 0. The zero-order valence-corrected chi connectivity index (χ0v) is 9.11. The number of aliphatic hydroxyl groups excluding tert-OH is 1. The SMILES string of the molecule is CC(C)(CO)Cc1ccc(F)c(Cl)c1. The Morgan fingerprint density at radius 1 is 1.43 bits per heavy atom. The standard InChI is InChI=1S/C11H14ClFO/c1-11(2,7-14)6-8-3-4-10(13)9(12)5-8/h3-5,14H,6-7H2,1-2H3. The molecule has 0 unspecified atom stereocenters. The molecule has 0 atom stereocenters. The van der Waals surface area contributed by atoms with Crippen LogP contribution in [0.5, 0.6) is 0 Å². The fourth-order valence-corrected chi connectivity index (χ4v) is 1.46. The van der Waals surface area contributed by atoms with E-state index in [1.54, 1.807) is 12.1 Å². The molecule has 0 bridgehead atoms. The average molecular weight is 217 g/mol. The van der Waals surface area contributed by atoms with E-state index in [4.69, 9.17) is 16.7 Å². The van der Waals surface area contributed by atoms with E-state index in [-0.39, 0.29) is 17.0 Å². The predicted molar refractivity (Wildman–Crippen MR) is 56.0 cm³/mol. The Morgan fingerprint density at radius 2 is 2.07 bits per heavy atom. The van der Waals surface area contributed by atoms with Crippen LogP contribution in [-0.4, -0.2) is 11.7 Å². The molecule has 1 rings (SSSR count). The van der Waals surface area contributed by atoms with Gasteiger partial charge >= 0.3 is 0 Å². The van der Waals surface area contributed by atoms with Crippen molar-refractivity contribution in [3.05, 3.63) is 34.6 Å². The van der Waals surface area contributed by atoms with Crippen molar-refractivity contribution < 1.29 is 9.50 Å². The molecule has 1 N–H and O–H groups in total. The fourth-order valence-electron chi connectivity index (χ4n) is 1.26. The van der Waals surface area contributed by atoms with Crippen LogP contribution in [0.15, 0.2) is 18.2 Å². The summed E-state index contributed by atoms with van der Waals surface area (Å²) in [6, 6.07) is 4.65. The molecular formula is C11H14ClFO. The molecule has 1 aromatic rings. The smallest absolute Gasteiger partial charge is 0.141 e. The van der Waals surface area contributed by atoms with Crippen molar-refractivity contribution in [1.29, 1.82) is 0 Å². The third-order valence-electron chi connectivity index (χ3n) is 2.09. The molecule has 0 fully saturated rings. The van der Waals surface area contributed by atoms with Gasteiger partial charge in [-0.3, -0.25) is 0 Å². The second-order valence-corrected chi connectivity index (χ2v) is 4.65. The van der Waals surface area contributed by atoms with E-state index in [2.05, 4.69) is 0 Å². The summed E-state index contributed by atoms with van der Waals surface area (Å²) in [7, 11) is 0. The molecule has 0 heterocycles. The normalized spacial score (nSPS) is 11.8. The van der Waals surface area contributed by atoms with Crippen LogP contribution in [0.4, 0.5) is 4.39 Å². The van der Waals surface area contributed by atoms with Gasteiger partial charge < -0.3 is 5.11 Å². The first-order valence-electron chi connectivity index (χ1n) is 4.49. The zero-order valence-electron chi connectivity index (χ0n) is 8.35. The van der Waals surface area contributed by atoms with E-state index in [9.17, 15) is 4.39 Å². The lowest BCUT2D eigenvalue weighted by Gasteiger charge is -2.21. The molecule has 1 aromatic carbocycles.